The van der Waals surface area contributed by atoms with Crippen LogP contribution in [0.3, 0.4) is 0 Å². The summed E-state index contributed by atoms with van der Waals surface area (Å²) in [7, 11) is -3.84. The zero-order valence-corrected chi connectivity index (χ0v) is 16.3. The second kappa shape index (κ2) is 7.19. The van der Waals surface area contributed by atoms with Crippen LogP contribution in [0.1, 0.15) is 6.92 Å². The smallest absolute Gasteiger partial charge is 0.233 e. The number of nitrogens with zero attached hydrogens (tertiary/aromatic N) is 1. The first-order chi connectivity index (χ1) is 11.9. The van der Waals surface area contributed by atoms with Crippen molar-refractivity contribution in [3.05, 3.63) is 58.0 Å². The summed E-state index contributed by atoms with van der Waals surface area (Å²) in [5.74, 6) is 0.248. The Kier molecular flexibility index (Phi) is 5.17. The Hall–Kier alpha value is -1.83. The van der Waals surface area contributed by atoms with Crippen LogP contribution in [0.5, 0.6) is 0 Å². The standard InChI is InChI=1S/C17H14BrClN2O3S/c1-2-20-16-17(25(22,23)12-9-7-11(18)8-10-12)21-15(24-16)13-5-3-4-6-14(13)19/h3-10,20H,2H2,1H3. The molecule has 3 rings (SSSR count). The number of sulfone groups is 1. The van der Waals surface area contributed by atoms with Gasteiger partial charge in [0, 0.05) is 11.0 Å². The molecule has 0 atom stereocenters. The van der Waals surface area contributed by atoms with E-state index in [-0.39, 0.29) is 21.7 Å². The normalized spacial score (nSPS) is 11.5. The minimum atomic E-state index is -3.84. The van der Waals surface area contributed by atoms with Gasteiger partial charge in [-0.2, -0.15) is 4.98 Å². The van der Waals surface area contributed by atoms with Gasteiger partial charge in [-0.1, -0.05) is 39.7 Å². The van der Waals surface area contributed by atoms with Gasteiger partial charge in [-0.3, -0.25) is 0 Å². The molecule has 0 spiro atoms. The Bertz CT molecular complexity index is 1000. The van der Waals surface area contributed by atoms with Crippen molar-refractivity contribution in [3.63, 3.8) is 0 Å². The number of benzene rings is 2. The summed E-state index contributed by atoms with van der Waals surface area (Å²) in [6.45, 7) is 2.33. The molecule has 8 heteroatoms. The Labute approximate surface area is 159 Å². The molecule has 1 aromatic heterocycles. The Balaban J connectivity index is 2.15. The molecule has 2 aromatic carbocycles. The quantitative estimate of drug-likeness (QED) is 0.602. The van der Waals surface area contributed by atoms with E-state index in [4.69, 9.17) is 16.0 Å². The fraction of sp³-hybridized carbons (Fsp3) is 0.118. The molecule has 0 amide bonds. The van der Waals surface area contributed by atoms with Crippen LogP contribution >= 0.6 is 27.5 Å². The average Bonchev–Trinajstić information content (AvgIpc) is 3.00. The van der Waals surface area contributed by atoms with Crippen molar-refractivity contribution in [2.45, 2.75) is 16.8 Å². The second-order valence-electron chi connectivity index (χ2n) is 5.12. The largest absolute Gasteiger partial charge is 0.419 e. The predicted molar refractivity (Wildman–Crippen MR) is 101 cm³/mol. The second-order valence-corrected chi connectivity index (χ2v) is 8.31. The highest BCUT2D eigenvalue weighted by atomic mass is 79.9. The first-order valence-electron chi connectivity index (χ1n) is 7.43. The third kappa shape index (κ3) is 3.58. The average molecular weight is 442 g/mol. The third-order valence-electron chi connectivity index (χ3n) is 3.42. The number of hydrogen-bond acceptors (Lipinski definition) is 5. The summed E-state index contributed by atoms with van der Waals surface area (Å²) in [5.41, 5.74) is 0.528. The number of halogens is 2. The minimum Gasteiger partial charge on any atom is -0.419 e. The van der Waals surface area contributed by atoms with Crippen molar-refractivity contribution in [3.8, 4) is 11.5 Å². The molecular formula is C17H14BrClN2O3S. The van der Waals surface area contributed by atoms with Gasteiger partial charge in [-0.05, 0) is 43.3 Å². The van der Waals surface area contributed by atoms with Crippen molar-refractivity contribution >= 4 is 43.3 Å². The minimum absolute atomic E-state index is 0.0975. The maximum atomic E-state index is 13.0. The van der Waals surface area contributed by atoms with E-state index in [1.54, 1.807) is 36.4 Å². The highest BCUT2D eigenvalue weighted by Gasteiger charge is 2.28. The molecular weight excluding hydrogens is 428 g/mol. The molecule has 0 fully saturated rings. The van der Waals surface area contributed by atoms with Crippen molar-refractivity contribution in [2.75, 3.05) is 11.9 Å². The number of aromatic nitrogens is 1. The maximum Gasteiger partial charge on any atom is 0.233 e. The lowest BCUT2D eigenvalue weighted by atomic mass is 10.2. The SMILES string of the molecule is CCNc1oc(-c2ccccc2Cl)nc1S(=O)(=O)c1ccc(Br)cc1. The van der Waals surface area contributed by atoms with Crippen LogP contribution in [0.2, 0.25) is 5.02 Å². The summed E-state index contributed by atoms with van der Waals surface area (Å²) in [4.78, 5) is 4.35. The molecule has 0 aliphatic carbocycles. The Morgan fingerprint density at radius 2 is 1.84 bits per heavy atom. The zero-order chi connectivity index (χ0) is 18.0. The van der Waals surface area contributed by atoms with Crippen molar-refractivity contribution in [1.82, 2.24) is 4.98 Å². The predicted octanol–water partition coefficient (Wildman–Crippen LogP) is 5.02. The number of oxazole rings is 1. The van der Waals surface area contributed by atoms with Crippen molar-refractivity contribution < 1.29 is 12.8 Å². The van der Waals surface area contributed by atoms with Gasteiger partial charge in [-0.25, -0.2) is 8.42 Å². The van der Waals surface area contributed by atoms with Crippen LogP contribution in [0.4, 0.5) is 5.88 Å². The Morgan fingerprint density at radius 1 is 1.16 bits per heavy atom. The molecule has 1 heterocycles. The van der Waals surface area contributed by atoms with Crippen LogP contribution in [0.25, 0.3) is 11.5 Å². The van der Waals surface area contributed by atoms with Crippen LogP contribution < -0.4 is 5.32 Å². The molecule has 0 aliphatic rings. The molecule has 25 heavy (non-hydrogen) atoms. The van der Waals surface area contributed by atoms with Crippen molar-refractivity contribution in [2.24, 2.45) is 0 Å². The van der Waals surface area contributed by atoms with Gasteiger partial charge in [0.05, 0.1) is 15.5 Å². The molecule has 0 saturated carbocycles. The Morgan fingerprint density at radius 3 is 2.48 bits per heavy atom. The van der Waals surface area contributed by atoms with Crippen molar-refractivity contribution in [1.29, 1.82) is 0 Å². The molecule has 0 bridgehead atoms. The highest BCUT2D eigenvalue weighted by Crippen LogP contribution is 2.35. The first kappa shape index (κ1) is 18.0. The van der Waals surface area contributed by atoms with Crippen LogP contribution in [-0.2, 0) is 9.84 Å². The van der Waals surface area contributed by atoms with E-state index in [1.807, 2.05) is 6.92 Å². The van der Waals surface area contributed by atoms with Crippen LogP contribution in [-0.4, -0.2) is 19.9 Å². The van der Waals surface area contributed by atoms with E-state index in [0.29, 0.717) is 17.1 Å². The first-order valence-corrected chi connectivity index (χ1v) is 10.1. The van der Waals surface area contributed by atoms with E-state index in [9.17, 15) is 8.42 Å². The molecule has 0 radical (unpaired) electrons. The number of hydrogen-bond donors (Lipinski definition) is 1. The van der Waals surface area contributed by atoms with E-state index in [0.717, 1.165) is 4.47 Å². The summed E-state index contributed by atoms with van der Waals surface area (Å²) in [6.07, 6.45) is 0. The third-order valence-corrected chi connectivity index (χ3v) is 5.95. The van der Waals surface area contributed by atoms with E-state index >= 15 is 0 Å². The summed E-state index contributed by atoms with van der Waals surface area (Å²) < 4.78 is 32.4. The summed E-state index contributed by atoms with van der Waals surface area (Å²) in [5, 5.41) is 3.18. The van der Waals surface area contributed by atoms with E-state index in [1.165, 1.54) is 12.1 Å². The molecule has 0 aliphatic heterocycles. The highest BCUT2D eigenvalue weighted by molar-refractivity contribution is 9.10. The monoisotopic (exact) mass is 440 g/mol. The number of rotatable bonds is 5. The van der Waals surface area contributed by atoms with Crippen LogP contribution in [0, 0.1) is 0 Å². The topological polar surface area (TPSA) is 72.2 Å². The molecule has 130 valence electrons. The molecule has 0 saturated heterocycles. The molecule has 1 N–H and O–H groups in total. The van der Waals surface area contributed by atoms with Gasteiger partial charge in [0.2, 0.25) is 26.6 Å². The zero-order valence-electron chi connectivity index (χ0n) is 13.2. The molecule has 5 nitrogen and oxygen atoms in total. The van der Waals surface area contributed by atoms with E-state index in [2.05, 4.69) is 26.2 Å². The maximum absolute atomic E-state index is 13.0. The number of nitrogens with one attached hydrogen (secondary N) is 1. The van der Waals surface area contributed by atoms with Gasteiger partial charge in [0.25, 0.3) is 0 Å². The number of anilines is 1. The lowest BCUT2D eigenvalue weighted by Crippen LogP contribution is -2.07. The van der Waals surface area contributed by atoms with Gasteiger partial charge in [0.15, 0.2) is 0 Å². The fourth-order valence-corrected chi connectivity index (χ4v) is 4.00. The van der Waals surface area contributed by atoms with Gasteiger partial charge in [-0.15, -0.1) is 0 Å². The lowest BCUT2D eigenvalue weighted by Gasteiger charge is -2.04. The van der Waals surface area contributed by atoms with Gasteiger partial charge in [0.1, 0.15) is 0 Å². The fourth-order valence-electron chi connectivity index (χ4n) is 2.24. The van der Waals surface area contributed by atoms with Gasteiger partial charge >= 0.3 is 0 Å². The summed E-state index contributed by atoms with van der Waals surface area (Å²) >= 11 is 9.47. The lowest BCUT2D eigenvalue weighted by molar-refractivity contribution is 0.578. The van der Waals surface area contributed by atoms with Gasteiger partial charge < -0.3 is 9.73 Å². The molecule has 3 aromatic rings. The summed E-state index contributed by atoms with van der Waals surface area (Å²) in [6, 6.07) is 13.3. The van der Waals surface area contributed by atoms with E-state index < -0.39 is 9.84 Å². The molecule has 0 unspecified atom stereocenters. The van der Waals surface area contributed by atoms with Crippen LogP contribution in [0.15, 0.2) is 67.3 Å².